The van der Waals surface area contributed by atoms with Gasteiger partial charge in [0, 0.05) is 105 Å². The molecule has 2 atom stereocenters. The van der Waals surface area contributed by atoms with Crippen LogP contribution in [0.2, 0.25) is 0 Å². The molecule has 8 bridgehead atoms. The van der Waals surface area contributed by atoms with Crippen molar-refractivity contribution < 1.29 is 43.3 Å². The van der Waals surface area contributed by atoms with Crippen LogP contribution >= 0.6 is 0 Å². The smallest absolute Gasteiger partial charge is 0.407 e. The average Bonchev–Trinajstić information content (AvgIpc) is 4.04. The van der Waals surface area contributed by atoms with Crippen LogP contribution < -0.4 is 5.32 Å². The van der Waals surface area contributed by atoms with Gasteiger partial charge in [0.1, 0.15) is 5.60 Å². The monoisotopic (exact) mass is 1010 g/mol. The van der Waals surface area contributed by atoms with Gasteiger partial charge in [-0.1, -0.05) is 13.8 Å². The van der Waals surface area contributed by atoms with E-state index in [2.05, 4.69) is 27.2 Å². The highest BCUT2D eigenvalue weighted by Crippen LogP contribution is 2.44. The topological polar surface area (TPSA) is 225 Å². The Hall–Kier alpha value is -7.02. The number of nitrogens with one attached hydrogen (secondary N) is 3. The van der Waals surface area contributed by atoms with Gasteiger partial charge in [-0.05, 0) is 125 Å². The maximum absolute atomic E-state index is 15.2. The number of carbonyl (C=O) groups excluding carboxylic acids is 5. The number of aliphatic hydroxyl groups excluding tert-OH is 1. The average molecular weight is 1010 g/mol. The van der Waals surface area contributed by atoms with E-state index in [-0.39, 0.29) is 62.6 Å². The summed E-state index contributed by atoms with van der Waals surface area (Å²) in [5.74, 6) is -2.00. The van der Waals surface area contributed by atoms with Gasteiger partial charge in [0.2, 0.25) is 11.8 Å². The van der Waals surface area contributed by atoms with E-state index >= 15 is 4.79 Å². The Morgan fingerprint density at radius 3 is 2.26 bits per heavy atom. The molecule has 0 saturated heterocycles. The van der Waals surface area contributed by atoms with Gasteiger partial charge >= 0.3 is 6.09 Å². The molecule has 3 aliphatic rings. The summed E-state index contributed by atoms with van der Waals surface area (Å²) in [5.41, 5.74) is 10.3. The minimum absolute atomic E-state index is 0.0587. The lowest BCUT2D eigenvalue weighted by atomic mass is 9.84. The number of pyridine rings is 1. The predicted octanol–water partition coefficient (Wildman–Crippen LogP) is 7.65. The lowest BCUT2D eigenvalue weighted by Crippen LogP contribution is -2.42. The van der Waals surface area contributed by atoms with Gasteiger partial charge in [0.25, 0.3) is 11.8 Å². The number of nitrogens with zero attached hydrogens (tertiary/aromatic N) is 6. The molecule has 0 fully saturated rings. The molecule has 18 heteroatoms. The molecule has 18 nitrogen and oxygen atoms in total. The van der Waals surface area contributed by atoms with E-state index in [0.29, 0.717) is 79.2 Å². The molecule has 0 radical (unpaired) electrons. The van der Waals surface area contributed by atoms with Crippen molar-refractivity contribution in [2.45, 2.75) is 98.5 Å². The van der Waals surface area contributed by atoms with Crippen LogP contribution in [0.4, 0.5) is 4.79 Å². The number of H-pyrrole nitrogens is 2. The molecule has 3 aliphatic heterocycles. The normalized spacial score (nSPS) is 15.6. The standard InChI is InChI=1S/C56H71N9O9/c1-11-38-33(2)42-31-46-39(12-14-48(68)64(10)24-26-72-28-29-73-27-25-66)34(3)41(60-46)30-43-35(4)40(13-15-47(67)63(9)23-21-58-55(71)74-56(6,7)8)51(61-43)50-52-49(36(5)44(62-52)32-45(38)59-42)53(69)65(54(50)70)22-18-37-16-19-57-20-17-37/h12,14,16-17,19-20,30-32,35,40,60,62,66H,11,13,15,18,21-29H2,1-10H3,(H,58,71)/b14-12+,41-30?,42-31?,43-30?,44-32?,45-32?,46-31?,51-50?/t35-,40-/m0/s1. The van der Waals surface area contributed by atoms with Crippen molar-refractivity contribution in [3.05, 3.63) is 105 Å². The maximum Gasteiger partial charge on any atom is 0.407 e. The summed E-state index contributed by atoms with van der Waals surface area (Å²) < 4.78 is 16.3. The van der Waals surface area contributed by atoms with Crippen LogP contribution in [0.15, 0.2) is 48.8 Å². The maximum atomic E-state index is 15.2. The predicted molar refractivity (Wildman–Crippen MR) is 284 cm³/mol. The molecule has 0 unspecified atom stereocenters. The second-order valence-electron chi connectivity index (χ2n) is 20.1. The Morgan fingerprint density at radius 2 is 1.55 bits per heavy atom. The molecular formula is C56H71N9O9. The number of hydrogen-bond donors (Lipinski definition) is 4. The third-order valence-electron chi connectivity index (χ3n) is 13.9. The van der Waals surface area contributed by atoms with E-state index in [1.807, 2.05) is 64.1 Å². The fraction of sp³-hybridized carbons (Fsp3) is 0.464. The molecule has 0 spiro atoms. The third kappa shape index (κ3) is 12.5. The van der Waals surface area contributed by atoms with Crippen LogP contribution in [0, 0.1) is 13.8 Å². The number of hydrogen-bond acceptors (Lipinski definition) is 12. The summed E-state index contributed by atoms with van der Waals surface area (Å²) in [6, 6.07) is 9.64. The molecule has 0 aliphatic carbocycles. The molecule has 0 aromatic carbocycles. The molecule has 7 rings (SSSR count). The van der Waals surface area contributed by atoms with Gasteiger partial charge in [-0.3, -0.25) is 34.0 Å². The molecule has 0 saturated carbocycles. The van der Waals surface area contributed by atoms with E-state index in [1.54, 1.807) is 63.1 Å². The van der Waals surface area contributed by atoms with Gasteiger partial charge in [-0.25, -0.2) is 9.78 Å². The first-order valence-electron chi connectivity index (χ1n) is 25.5. The Morgan fingerprint density at radius 1 is 0.865 bits per heavy atom. The summed E-state index contributed by atoms with van der Waals surface area (Å²) in [4.78, 5) is 96.0. The SMILES string of the molecule is CCC1=C(C)c2cc3[nH]c(cc4nc(c5c6[nH]c(cc1n2)c(C)c6C(=O)N(CCc1ccncc1)C5=O)[C@@H](CCC(=O)N(C)CCNC(=O)OC(C)(C)C)[C@@H]4C)c(C)c3/C=C/C(=O)N(C)CCOCCOCCO. The van der Waals surface area contributed by atoms with Crippen molar-refractivity contribution in [2.24, 2.45) is 0 Å². The second-order valence-corrected chi connectivity index (χ2v) is 20.1. The van der Waals surface area contributed by atoms with Gasteiger partial charge in [0.05, 0.1) is 66.8 Å². The summed E-state index contributed by atoms with van der Waals surface area (Å²) in [5, 5.41) is 11.7. The van der Waals surface area contributed by atoms with Gasteiger partial charge in [-0.15, -0.1) is 0 Å². The first kappa shape index (κ1) is 54.7. The first-order valence-corrected chi connectivity index (χ1v) is 25.5. The number of aryl methyl sites for hydroxylation is 2. The fourth-order valence-electron chi connectivity index (χ4n) is 9.57. The molecule has 4 aromatic heterocycles. The molecule has 394 valence electrons. The number of aromatic amines is 2. The lowest BCUT2D eigenvalue weighted by Gasteiger charge is -2.27. The van der Waals surface area contributed by atoms with E-state index in [9.17, 15) is 19.2 Å². The van der Waals surface area contributed by atoms with Crippen LogP contribution in [-0.2, 0) is 30.2 Å². The zero-order valence-electron chi connectivity index (χ0n) is 44.4. The van der Waals surface area contributed by atoms with Crippen molar-refractivity contribution in [1.82, 2.24) is 44.9 Å². The van der Waals surface area contributed by atoms with Crippen molar-refractivity contribution in [3.8, 4) is 0 Å². The van der Waals surface area contributed by atoms with Gasteiger partial charge in [0.15, 0.2) is 0 Å². The largest absolute Gasteiger partial charge is 0.444 e. The Labute approximate surface area is 432 Å². The quantitative estimate of drug-likeness (QED) is 0.0381. The van der Waals surface area contributed by atoms with E-state index in [4.69, 9.17) is 29.3 Å². The fourth-order valence-corrected chi connectivity index (χ4v) is 9.57. The Kier molecular flexibility index (Phi) is 17.7. The second kappa shape index (κ2) is 23.9. The molecule has 7 heterocycles. The number of aliphatic hydroxyl groups is 1. The van der Waals surface area contributed by atoms with Crippen molar-refractivity contribution in [3.63, 3.8) is 0 Å². The first-order chi connectivity index (χ1) is 35.3. The van der Waals surface area contributed by atoms with Crippen LogP contribution in [0.3, 0.4) is 0 Å². The number of alkyl carbamates (subject to hydrolysis) is 1. The van der Waals surface area contributed by atoms with Crippen LogP contribution in [0.5, 0.6) is 0 Å². The van der Waals surface area contributed by atoms with Crippen LogP contribution in [0.1, 0.15) is 138 Å². The number of amides is 5. The number of allylic oxidation sites excluding steroid dienone is 2. The number of imide groups is 1. The van der Waals surface area contributed by atoms with Crippen LogP contribution in [0.25, 0.3) is 39.3 Å². The Bertz CT molecular complexity index is 3010. The van der Waals surface area contributed by atoms with E-state index < -0.39 is 29.4 Å². The van der Waals surface area contributed by atoms with E-state index in [0.717, 1.165) is 50.3 Å². The molecule has 4 aromatic rings. The summed E-state index contributed by atoms with van der Waals surface area (Å²) in [6.07, 6.45) is 7.67. The van der Waals surface area contributed by atoms with E-state index in [1.165, 1.54) is 4.90 Å². The number of rotatable bonds is 20. The lowest BCUT2D eigenvalue weighted by molar-refractivity contribution is -0.130. The third-order valence-corrected chi connectivity index (χ3v) is 13.9. The van der Waals surface area contributed by atoms with Gasteiger partial charge < -0.3 is 44.4 Å². The number of fused-ring (bicyclic) bond motifs is 8. The Balaban J connectivity index is 1.35. The molecule has 5 amide bonds. The van der Waals surface area contributed by atoms with Crippen molar-refractivity contribution in [2.75, 3.05) is 73.3 Å². The number of ether oxygens (including phenoxy) is 3. The van der Waals surface area contributed by atoms with Crippen molar-refractivity contribution in [1.29, 1.82) is 0 Å². The highest BCUT2D eigenvalue weighted by atomic mass is 16.6. The molecule has 74 heavy (non-hydrogen) atoms. The zero-order valence-corrected chi connectivity index (χ0v) is 44.4. The van der Waals surface area contributed by atoms with Gasteiger partial charge in [-0.2, -0.15) is 0 Å². The number of carbonyl (C=O) groups is 5. The highest BCUT2D eigenvalue weighted by molar-refractivity contribution is 6.23. The number of aromatic nitrogens is 5. The summed E-state index contributed by atoms with van der Waals surface area (Å²) >= 11 is 0. The van der Waals surface area contributed by atoms with Crippen molar-refractivity contribution >= 4 is 69.0 Å². The zero-order chi connectivity index (χ0) is 53.4. The minimum Gasteiger partial charge on any atom is -0.444 e. The summed E-state index contributed by atoms with van der Waals surface area (Å²) in [6.45, 7) is 17.5. The molecule has 4 N–H and O–H groups in total. The number of likely N-dealkylation sites (N-methyl/N-ethyl adjacent to an activating group) is 2. The molecular weight excluding hydrogens is 943 g/mol. The van der Waals surface area contributed by atoms with Crippen LogP contribution in [-0.4, -0.2) is 153 Å². The highest BCUT2D eigenvalue weighted by Gasteiger charge is 2.41. The minimum atomic E-state index is -0.665. The summed E-state index contributed by atoms with van der Waals surface area (Å²) in [7, 11) is 3.40.